The van der Waals surface area contributed by atoms with Crippen molar-refractivity contribution in [3.05, 3.63) is 35.7 Å². The molecule has 0 unspecified atom stereocenters. The van der Waals surface area contributed by atoms with Gasteiger partial charge in [0.05, 0.1) is 24.3 Å². The molecular weight excluding hydrogens is 292 g/mol. The predicted octanol–water partition coefficient (Wildman–Crippen LogP) is 2.24. The molecule has 1 saturated carbocycles. The minimum Gasteiger partial charge on any atom is -0.381 e. The van der Waals surface area contributed by atoms with Crippen molar-refractivity contribution >= 4 is 0 Å². The van der Waals surface area contributed by atoms with Crippen LogP contribution in [0.4, 0.5) is 0 Å². The summed E-state index contributed by atoms with van der Waals surface area (Å²) >= 11 is 0. The van der Waals surface area contributed by atoms with E-state index in [0.29, 0.717) is 5.92 Å². The highest BCUT2D eigenvalue weighted by molar-refractivity contribution is 5.05. The molecule has 2 aromatic heterocycles. The molecule has 23 heavy (non-hydrogen) atoms. The number of aryl methyl sites for hydroxylation is 1. The van der Waals surface area contributed by atoms with Gasteiger partial charge in [-0.05, 0) is 25.7 Å². The second-order valence-corrected chi connectivity index (χ2v) is 6.98. The second-order valence-electron chi connectivity index (χ2n) is 6.98. The van der Waals surface area contributed by atoms with Gasteiger partial charge in [0, 0.05) is 51.0 Å². The van der Waals surface area contributed by atoms with Crippen molar-refractivity contribution in [1.29, 1.82) is 0 Å². The highest BCUT2D eigenvalue weighted by Gasteiger charge is 2.25. The SMILES string of the molecule is Cc1cc(CN2Cc3cncn3C[C@@H](COCC3CC3)C2)no1. The van der Waals surface area contributed by atoms with E-state index < -0.39 is 0 Å². The zero-order chi connectivity index (χ0) is 15.6. The maximum atomic E-state index is 5.95. The van der Waals surface area contributed by atoms with Crippen LogP contribution in [-0.4, -0.2) is 39.4 Å². The fourth-order valence-corrected chi connectivity index (χ4v) is 3.27. The molecule has 0 spiro atoms. The summed E-state index contributed by atoms with van der Waals surface area (Å²) in [5.41, 5.74) is 2.25. The molecule has 6 nitrogen and oxygen atoms in total. The van der Waals surface area contributed by atoms with Gasteiger partial charge in [-0.2, -0.15) is 0 Å². The highest BCUT2D eigenvalue weighted by atomic mass is 16.5. The minimum absolute atomic E-state index is 0.484. The molecule has 6 heteroatoms. The Morgan fingerprint density at radius 3 is 2.91 bits per heavy atom. The fraction of sp³-hybridized carbons (Fsp3) is 0.647. The minimum atomic E-state index is 0.484. The molecule has 0 aromatic carbocycles. The lowest BCUT2D eigenvalue weighted by atomic mass is 10.1. The first-order valence-electron chi connectivity index (χ1n) is 8.47. The van der Waals surface area contributed by atoms with Crippen LogP contribution in [0.2, 0.25) is 0 Å². The van der Waals surface area contributed by atoms with Gasteiger partial charge < -0.3 is 13.8 Å². The smallest absolute Gasteiger partial charge is 0.133 e. The van der Waals surface area contributed by atoms with Crippen molar-refractivity contribution < 1.29 is 9.26 Å². The molecule has 2 aromatic rings. The predicted molar refractivity (Wildman–Crippen MR) is 84.6 cm³/mol. The van der Waals surface area contributed by atoms with Crippen LogP contribution in [0, 0.1) is 18.8 Å². The van der Waals surface area contributed by atoms with Gasteiger partial charge in [0.1, 0.15) is 5.76 Å². The molecular formula is C17H24N4O2. The first-order chi connectivity index (χ1) is 11.3. The summed E-state index contributed by atoms with van der Waals surface area (Å²) in [7, 11) is 0. The van der Waals surface area contributed by atoms with Crippen LogP contribution < -0.4 is 0 Å². The zero-order valence-corrected chi connectivity index (χ0v) is 13.6. The Bertz CT molecular complexity index is 647. The van der Waals surface area contributed by atoms with Gasteiger partial charge in [-0.3, -0.25) is 4.90 Å². The molecule has 4 rings (SSSR count). The number of rotatable bonds is 6. The Morgan fingerprint density at radius 2 is 2.13 bits per heavy atom. The molecule has 0 saturated heterocycles. The summed E-state index contributed by atoms with van der Waals surface area (Å²) in [5.74, 6) is 2.17. The number of imidazole rings is 1. The average Bonchev–Trinajstić information content (AvgIpc) is 3.16. The van der Waals surface area contributed by atoms with Crippen LogP contribution in [0.25, 0.3) is 0 Å². The van der Waals surface area contributed by atoms with Crippen LogP contribution in [0.5, 0.6) is 0 Å². The molecule has 1 aliphatic carbocycles. The van der Waals surface area contributed by atoms with Crippen molar-refractivity contribution in [2.75, 3.05) is 19.8 Å². The van der Waals surface area contributed by atoms with Crippen molar-refractivity contribution in [3.63, 3.8) is 0 Å². The fourth-order valence-electron chi connectivity index (χ4n) is 3.27. The van der Waals surface area contributed by atoms with E-state index in [1.807, 2.05) is 25.5 Å². The van der Waals surface area contributed by atoms with Crippen LogP contribution in [0.15, 0.2) is 23.1 Å². The van der Waals surface area contributed by atoms with E-state index in [1.165, 1.54) is 18.5 Å². The Balaban J connectivity index is 1.42. The summed E-state index contributed by atoms with van der Waals surface area (Å²) in [5, 5.41) is 4.13. The number of ether oxygens (including phenoxy) is 1. The van der Waals surface area contributed by atoms with Gasteiger partial charge in [-0.15, -0.1) is 0 Å². The molecule has 0 radical (unpaired) electrons. The number of hydrogen-bond acceptors (Lipinski definition) is 5. The van der Waals surface area contributed by atoms with Crippen molar-refractivity contribution in [2.45, 2.75) is 39.4 Å². The highest BCUT2D eigenvalue weighted by Crippen LogP contribution is 2.29. The van der Waals surface area contributed by atoms with Crippen LogP contribution >= 0.6 is 0 Å². The number of nitrogens with zero attached hydrogens (tertiary/aromatic N) is 4. The van der Waals surface area contributed by atoms with Crippen molar-refractivity contribution in [1.82, 2.24) is 19.6 Å². The molecule has 1 fully saturated rings. The molecule has 3 heterocycles. The van der Waals surface area contributed by atoms with Gasteiger partial charge in [0.15, 0.2) is 0 Å². The van der Waals surface area contributed by atoms with Gasteiger partial charge >= 0.3 is 0 Å². The summed E-state index contributed by atoms with van der Waals surface area (Å²) in [6, 6.07) is 2.01. The quantitative estimate of drug-likeness (QED) is 0.818. The van der Waals surface area contributed by atoms with E-state index in [4.69, 9.17) is 9.26 Å². The second kappa shape index (κ2) is 6.45. The number of fused-ring (bicyclic) bond motifs is 1. The Kier molecular flexibility index (Phi) is 4.18. The molecule has 2 aliphatic rings. The van der Waals surface area contributed by atoms with E-state index in [1.54, 1.807) is 0 Å². The van der Waals surface area contributed by atoms with Gasteiger partial charge in [-0.1, -0.05) is 5.16 Å². The maximum absolute atomic E-state index is 5.95. The monoisotopic (exact) mass is 316 g/mol. The van der Waals surface area contributed by atoms with Crippen LogP contribution in [0.3, 0.4) is 0 Å². The molecule has 0 N–H and O–H groups in total. The number of aromatic nitrogens is 3. The third-order valence-electron chi connectivity index (χ3n) is 4.62. The first kappa shape index (κ1) is 14.9. The molecule has 1 aliphatic heterocycles. The first-order valence-corrected chi connectivity index (χ1v) is 8.47. The number of hydrogen-bond donors (Lipinski definition) is 0. The summed E-state index contributed by atoms with van der Waals surface area (Å²) in [6.45, 7) is 7.38. The summed E-state index contributed by atoms with van der Waals surface area (Å²) < 4.78 is 13.4. The Hall–Kier alpha value is -1.66. The van der Waals surface area contributed by atoms with Crippen LogP contribution in [0.1, 0.15) is 30.0 Å². The van der Waals surface area contributed by atoms with Crippen LogP contribution in [-0.2, 0) is 24.4 Å². The standard InChI is InChI=1S/C17H24N4O2/c1-13-4-16(19-23-13)8-20-6-15(11-22-10-14-2-3-14)7-21-12-18-5-17(21)9-20/h4-5,12,14-15H,2-3,6-11H2,1H3/t15-/m0/s1. The third kappa shape index (κ3) is 3.82. The van der Waals surface area contributed by atoms with E-state index in [-0.39, 0.29) is 0 Å². The summed E-state index contributed by atoms with van der Waals surface area (Å²) in [6.07, 6.45) is 6.59. The third-order valence-corrected chi connectivity index (χ3v) is 4.62. The van der Waals surface area contributed by atoms with Gasteiger partial charge in [-0.25, -0.2) is 4.98 Å². The Labute approximate surface area is 136 Å². The van der Waals surface area contributed by atoms with E-state index >= 15 is 0 Å². The lowest BCUT2D eigenvalue weighted by Gasteiger charge is -2.23. The van der Waals surface area contributed by atoms with E-state index in [2.05, 4.69) is 19.6 Å². The van der Waals surface area contributed by atoms with Gasteiger partial charge in [0.25, 0.3) is 0 Å². The largest absolute Gasteiger partial charge is 0.381 e. The molecule has 124 valence electrons. The van der Waals surface area contributed by atoms with Crippen molar-refractivity contribution in [2.24, 2.45) is 11.8 Å². The normalized spacial score (nSPS) is 22.0. The average molecular weight is 316 g/mol. The van der Waals surface area contributed by atoms with Gasteiger partial charge in [0.2, 0.25) is 0 Å². The zero-order valence-electron chi connectivity index (χ0n) is 13.6. The van der Waals surface area contributed by atoms with E-state index in [0.717, 1.165) is 56.8 Å². The molecule has 1 atom stereocenters. The van der Waals surface area contributed by atoms with E-state index in [9.17, 15) is 0 Å². The van der Waals surface area contributed by atoms with Crippen molar-refractivity contribution in [3.8, 4) is 0 Å². The molecule has 0 amide bonds. The lowest BCUT2D eigenvalue weighted by Crippen LogP contribution is -2.30. The molecule has 0 bridgehead atoms. The maximum Gasteiger partial charge on any atom is 0.133 e. The Morgan fingerprint density at radius 1 is 1.26 bits per heavy atom. The summed E-state index contributed by atoms with van der Waals surface area (Å²) in [4.78, 5) is 6.72. The lowest BCUT2D eigenvalue weighted by molar-refractivity contribution is 0.0701. The topological polar surface area (TPSA) is 56.3 Å².